The SMILES string of the molecule is O=C(Nc1ccccc1)Nc1cccc(NC(=O)N2CCCCCC2)c1. The highest BCUT2D eigenvalue weighted by atomic mass is 16.2. The zero-order chi connectivity index (χ0) is 18.2. The van der Waals surface area contributed by atoms with E-state index in [9.17, 15) is 9.59 Å². The van der Waals surface area contributed by atoms with E-state index in [4.69, 9.17) is 0 Å². The third-order valence-electron chi connectivity index (χ3n) is 4.30. The largest absolute Gasteiger partial charge is 0.325 e. The Morgan fingerprint density at radius 1 is 0.692 bits per heavy atom. The summed E-state index contributed by atoms with van der Waals surface area (Å²) >= 11 is 0. The predicted octanol–water partition coefficient (Wildman–Crippen LogP) is 4.74. The first-order valence-electron chi connectivity index (χ1n) is 9.00. The molecule has 0 unspecified atom stereocenters. The summed E-state index contributed by atoms with van der Waals surface area (Å²) < 4.78 is 0. The van der Waals surface area contributed by atoms with Gasteiger partial charge in [-0.3, -0.25) is 0 Å². The lowest BCUT2D eigenvalue weighted by atomic mass is 10.2. The number of benzene rings is 2. The van der Waals surface area contributed by atoms with Gasteiger partial charge in [0.2, 0.25) is 0 Å². The van der Waals surface area contributed by atoms with Crippen molar-refractivity contribution in [2.45, 2.75) is 25.7 Å². The topological polar surface area (TPSA) is 73.5 Å². The predicted molar refractivity (Wildman–Crippen MR) is 105 cm³/mol. The van der Waals surface area contributed by atoms with Crippen molar-refractivity contribution in [3.05, 3.63) is 54.6 Å². The zero-order valence-corrected chi connectivity index (χ0v) is 14.7. The minimum Gasteiger partial charge on any atom is -0.325 e. The molecule has 3 N–H and O–H groups in total. The third kappa shape index (κ3) is 5.24. The van der Waals surface area contributed by atoms with Crippen molar-refractivity contribution in [2.75, 3.05) is 29.0 Å². The van der Waals surface area contributed by atoms with Gasteiger partial charge in [-0.15, -0.1) is 0 Å². The average molecular weight is 352 g/mol. The van der Waals surface area contributed by atoms with Crippen LogP contribution in [0.2, 0.25) is 0 Å². The molecule has 6 nitrogen and oxygen atoms in total. The van der Waals surface area contributed by atoms with Crippen molar-refractivity contribution in [1.82, 2.24) is 4.90 Å². The Labute approximate surface area is 153 Å². The van der Waals surface area contributed by atoms with Crippen molar-refractivity contribution in [3.8, 4) is 0 Å². The van der Waals surface area contributed by atoms with Crippen LogP contribution in [0.25, 0.3) is 0 Å². The Bertz CT molecular complexity index is 740. The Hall–Kier alpha value is -3.02. The van der Waals surface area contributed by atoms with E-state index in [1.165, 1.54) is 12.8 Å². The molecule has 2 aromatic rings. The highest BCUT2D eigenvalue weighted by Crippen LogP contribution is 2.17. The molecule has 26 heavy (non-hydrogen) atoms. The normalized spacial score (nSPS) is 14.2. The fourth-order valence-electron chi connectivity index (χ4n) is 2.97. The second kappa shape index (κ2) is 8.89. The van der Waals surface area contributed by atoms with Crippen molar-refractivity contribution in [1.29, 1.82) is 0 Å². The number of rotatable bonds is 3. The smallest absolute Gasteiger partial charge is 0.323 e. The first-order chi connectivity index (χ1) is 12.7. The summed E-state index contributed by atoms with van der Waals surface area (Å²) in [5, 5.41) is 8.46. The van der Waals surface area contributed by atoms with Gasteiger partial charge in [0.1, 0.15) is 0 Å². The molecule has 0 aliphatic carbocycles. The van der Waals surface area contributed by atoms with Crippen LogP contribution in [0.1, 0.15) is 25.7 Å². The molecule has 136 valence electrons. The fourth-order valence-corrected chi connectivity index (χ4v) is 2.97. The zero-order valence-electron chi connectivity index (χ0n) is 14.7. The van der Waals surface area contributed by atoms with Crippen LogP contribution in [0.4, 0.5) is 26.7 Å². The molecule has 3 rings (SSSR count). The number of urea groups is 2. The van der Waals surface area contributed by atoms with Gasteiger partial charge >= 0.3 is 12.1 Å². The molecule has 0 bridgehead atoms. The number of hydrogen-bond donors (Lipinski definition) is 3. The molecule has 2 aromatic carbocycles. The highest BCUT2D eigenvalue weighted by molar-refractivity contribution is 6.00. The van der Waals surface area contributed by atoms with Crippen molar-refractivity contribution in [2.24, 2.45) is 0 Å². The summed E-state index contributed by atoms with van der Waals surface area (Å²) in [6, 6.07) is 16.0. The van der Waals surface area contributed by atoms with Crippen molar-refractivity contribution < 1.29 is 9.59 Å². The number of anilines is 3. The summed E-state index contributed by atoms with van der Waals surface area (Å²) in [5.41, 5.74) is 2.00. The van der Waals surface area contributed by atoms with Crippen LogP contribution in [0.5, 0.6) is 0 Å². The van der Waals surface area contributed by atoms with Crippen LogP contribution in [0.15, 0.2) is 54.6 Å². The van der Waals surface area contributed by atoms with Gasteiger partial charge in [0.05, 0.1) is 0 Å². The van der Waals surface area contributed by atoms with Crippen molar-refractivity contribution in [3.63, 3.8) is 0 Å². The molecule has 1 aliphatic rings. The summed E-state index contributed by atoms with van der Waals surface area (Å²) in [6.07, 6.45) is 4.46. The number of likely N-dealkylation sites (tertiary alicyclic amines) is 1. The standard InChI is InChI=1S/C20H24N4O2/c25-19(21-16-9-4-3-5-10-16)22-17-11-8-12-18(15-17)23-20(26)24-13-6-1-2-7-14-24/h3-5,8-12,15H,1-2,6-7,13-14H2,(H,23,26)(H2,21,22,25). The lowest BCUT2D eigenvalue weighted by molar-refractivity contribution is 0.214. The molecule has 1 saturated heterocycles. The summed E-state index contributed by atoms with van der Waals surface area (Å²) in [4.78, 5) is 26.3. The van der Waals surface area contributed by atoms with Gasteiger partial charge < -0.3 is 20.9 Å². The Morgan fingerprint density at radius 3 is 1.96 bits per heavy atom. The Morgan fingerprint density at radius 2 is 1.27 bits per heavy atom. The molecule has 1 fully saturated rings. The van der Waals surface area contributed by atoms with E-state index >= 15 is 0 Å². The molecule has 1 heterocycles. The van der Waals surface area contributed by atoms with E-state index in [0.717, 1.165) is 31.6 Å². The summed E-state index contributed by atoms with van der Waals surface area (Å²) in [6.45, 7) is 1.59. The number of hydrogen-bond acceptors (Lipinski definition) is 2. The van der Waals surface area contributed by atoms with Gasteiger partial charge in [-0.25, -0.2) is 9.59 Å². The van der Waals surface area contributed by atoms with Gasteiger partial charge in [-0.05, 0) is 43.2 Å². The van der Waals surface area contributed by atoms with Gasteiger partial charge in [0, 0.05) is 30.2 Å². The molecule has 4 amide bonds. The van der Waals surface area contributed by atoms with Crippen LogP contribution >= 0.6 is 0 Å². The maximum atomic E-state index is 12.4. The monoisotopic (exact) mass is 352 g/mol. The molecule has 0 atom stereocenters. The van der Waals surface area contributed by atoms with Crippen LogP contribution in [-0.4, -0.2) is 30.1 Å². The van der Waals surface area contributed by atoms with E-state index < -0.39 is 0 Å². The molecule has 0 radical (unpaired) electrons. The number of amides is 4. The first-order valence-corrected chi connectivity index (χ1v) is 9.00. The van der Waals surface area contributed by atoms with Crippen LogP contribution in [0, 0.1) is 0 Å². The Kier molecular flexibility index (Phi) is 6.09. The fraction of sp³-hybridized carbons (Fsp3) is 0.300. The van der Waals surface area contributed by atoms with E-state index in [0.29, 0.717) is 11.4 Å². The highest BCUT2D eigenvalue weighted by Gasteiger charge is 2.15. The maximum absolute atomic E-state index is 12.4. The second-order valence-corrected chi connectivity index (χ2v) is 6.36. The number of carbonyl (C=O) groups is 2. The molecule has 1 aliphatic heterocycles. The molecule has 0 aromatic heterocycles. The van der Waals surface area contributed by atoms with Crippen LogP contribution < -0.4 is 16.0 Å². The second-order valence-electron chi connectivity index (χ2n) is 6.36. The summed E-state index contributed by atoms with van der Waals surface area (Å²) in [5.74, 6) is 0. The van der Waals surface area contributed by atoms with Crippen LogP contribution in [0.3, 0.4) is 0 Å². The quantitative estimate of drug-likeness (QED) is 0.746. The molecular formula is C20H24N4O2. The lowest BCUT2D eigenvalue weighted by Crippen LogP contribution is -2.35. The van der Waals surface area contributed by atoms with E-state index in [-0.39, 0.29) is 12.1 Å². The average Bonchev–Trinajstić information content (AvgIpc) is 2.92. The Balaban J connectivity index is 1.57. The molecule has 0 saturated carbocycles. The lowest BCUT2D eigenvalue weighted by Gasteiger charge is -2.21. The molecule has 6 heteroatoms. The minimum absolute atomic E-state index is 0.0854. The van der Waals surface area contributed by atoms with Gasteiger partial charge in [0.25, 0.3) is 0 Å². The van der Waals surface area contributed by atoms with Crippen LogP contribution in [-0.2, 0) is 0 Å². The summed E-state index contributed by atoms with van der Waals surface area (Å²) in [7, 11) is 0. The number of nitrogens with zero attached hydrogens (tertiary/aromatic N) is 1. The number of nitrogens with one attached hydrogen (secondary N) is 3. The molecule has 0 spiro atoms. The molecular weight excluding hydrogens is 328 g/mol. The van der Waals surface area contributed by atoms with E-state index in [2.05, 4.69) is 16.0 Å². The maximum Gasteiger partial charge on any atom is 0.323 e. The van der Waals surface area contributed by atoms with Gasteiger partial charge in [-0.1, -0.05) is 37.1 Å². The third-order valence-corrected chi connectivity index (χ3v) is 4.30. The van der Waals surface area contributed by atoms with Crippen molar-refractivity contribution >= 4 is 29.1 Å². The first kappa shape index (κ1) is 17.8. The number of para-hydroxylation sites is 1. The van der Waals surface area contributed by atoms with Gasteiger partial charge in [0.15, 0.2) is 0 Å². The van der Waals surface area contributed by atoms with Gasteiger partial charge in [-0.2, -0.15) is 0 Å². The minimum atomic E-state index is -0.327. The van der Waals surface area contributed by atoms with E-state index in [1.54, 1.807) is 18.2 Å². The van der Waals surface area contributed by atoms with E-state index in [1.807, 2.05) is 41.3 Å². The number of carbonyl (C=O) groups excluding carboxylic acids is 2.